The van der Waals surface area contributed by atoms with E-state index in [-0.39, 0.29) is 26.3 Å². The van der Waals surface area contributed by atoms with E-state index in [1.54, 1.807) is 0 Å². The van der Waals surface area contributed by atoms with Crippen molar-refractivity contribution in [2.45, 2.75) is 30.6 Å². The second-order valence-corrected chi connectivity index (χ2v) is 5.91. The molecule has 1 aromatic rings. The van der Waals surface area contributed by atoms with Crippen LogP contribution in [0.15, 0.2) is 0 Å². The van der Waals surface area contributed by atoms with E-state index >= 15 is 0 Å². The summed E-state index contributed by atoms with van der Waals surface area (Å²) in [6.07, 6.45) is -7.96. The SMILES string of the molecule is O=C(NCCO)c1nnn([C@@H]2O[C@H](CO)[C@@H](O)[C@H](O)[C@H]2O)c1C(=O)NCCO. The molecule has 14 nitrogen and oxygen atoms in total. The molecule has 28 heavy (non-hydrogen) atoms. The maximum absolute atomic E-state index is 12.5. The van der Waals surface area contributed by atoms with Crippen molar-refractivity contribution in [1.82, 2.24) is 25.6 Å². The van der Waals surface area contributed by atoms with Gasteiger partial charge in [0.2, 0.25) is 0 Å². The van der Waals surface area contributed by atoms with Gasteiger partial charge in [0.05, 0.1) is 19.8 Å². The number of nitrogens with one attached hydrogen (secondary N) is 2. The standard InChI is InChI=1S/C14H23N5O9/c20-3-1-15-12(26)7-8(13(27)16-2-4-21)19(18-17-7)14-11(25)10(24)9(23)6(5-22)28-14/h6,9-11,14,20-25H,1-5H2,(H,15,26)(H,16,27)/t6-,9-,10+,11-,14-/m1/s1. The van der Waals surface area contributed by atoms with E-state index < -0.39 is 60.5 Å². The zero-order chi connectivity index (χ0) is 20.8. The first-order valence-corrected chi connectivity index (χ1v) is 8.41. The maximum Gasteiger partial charge on any atom is 0.274 e. The fourth-order valence-corrected chi connectivity index (χ4v) is 2.63. The van der Waals surface area contributed by atoms with Gasteiger partial charge in [-0.1, -0.05) is 5.21 Å². The van der Waals surface area contributed by atoms with Crippen LogP contribution in [0, 0.1) is 0 Å². The molecule has 2 heterocycles. The Morgan fingerprint density at radius 1 is 0.964 bits per heavy atom. The van der Waals surface area contributed by atoms with Crippen LogP contribution in [-0.2, 0) is 4.74 Å². The predicted molar refractivity (Wildman–Crippen MR) is 87.9 cm³/mol. The molecule has 0 aliphatic carbocycles. The van der Waals surface area contributed by atoms with Crippen LogP contribution in [0.4, 0.5) is 0 Å². The van der Waals surface area contributed by atoms with Crippen LogP contribution < -0.4 is 10.6 Å². The molecule has 1 aromatic heterocycles. The summed E-state index contributed by atoms with van der Waals surface area (Å²) in [5, 5.41) is 68.9. The molecule has 0 unspecified atom stereocenters. The molecular weight excluding hydrogens is 382 g/mol. The highest BCUT2D eigenvalue weighted by molar-refractivity contribution is 6.04. The quantitative estimate of drug-likeness (QED) is 0.204. The second kappa shape index (κ2) is 9.83. The number of aliphatic hydroxyl groups excluding tert-OH is 6. The van der Waals surface area contributed by atoms with E-state index in [1.165, 1.54) is 0 Å². The van der Waals surface area contributed by atoms with Gasteiger partial charge in [-0.3, -0.25) is 9.59 Å². The van der Waals surface area contributed by atoms with Crippen molar-refractivity contribution in [3.05, 3.63) is 11.4 Å². The summed E-state index contributed by atoms with van der Waals surface area (Å²) < 4.78 is 6.07. The van der Waals surface area contributed by atoms with Gasteiger partial charge in [-0.05, 0) is 0 Å². The first-order chi connectivity index (χ1) is 13.4. The highest BCUT2D eigenvalue weighted by Gasteiger charge is 2.46. The number of hydrogen-bond donors (Lipinski definition) is 8. The van der Waals surface area contributed by atoms with Crippen molar-refractivity contribution < 1.29 is 45.0 Å². The van der Waals surface area contributed by atoms with Crippen LogP contribution in [-0.4, -0.2) is 115 Å². The molecule has 158 valence electrons. The van der Waals surface area contributed by atoms with Crippen LogP contribution in [0.1, 0.15) is 27.2 Å². The molecule has 14 heteroatoms. The lowest BCUT2D eigenvalue weighted by molar-refractivity contribution is -0.254. The molecule has 2 amide bonds. The van der Waals surface area contributed by atoms with E-state index in [2.05, 4.69) is 20.9 Å². The minimum atomic E-state index is -1.77. The Bertz CT molecular complexity index is 682. The van der Waals surface area contributed by atoms with Crippen LogP contribution in [0.25, 0.3) is 0 Å². The topological polar surface area (TPSA) is 220 Å². The number of aromatic nitrogens is 3. The average molecular weight is 405 g/mol. The number of aliphatic hydroxyl groups is 6. The molecule has 0 aromatic carbocycles. The molecule has 0 saturated carbocycles. The van der Waals surface area contributed by atoms with E-state index in [9.17, 15) is 30.0 Å². The summed E-state index contributed by atoms with van der Waals surface area (Å²) in [6, 6.07) is 0. The smallest absolute Gasteiger partial charge is 0.274 e. The third kappa shape index (κ3) is 4.44. The first kappa shape index (κ1) is 22.1. The van der Waals surface area contributed by atoms with Gasteiger partial charge in [0.25, 0.3) is 11.8 Å². The van der Waals surface area contributed by atoms with Crippen molar-refractivity contribution in [1.29, 1.82) is 0 Å². The van der Waals surface area contributed by atoms with Crippen LogP contribution in [0.5, 0.6) is 0 Å². The summed E-state index contributed by atoms with van der Waals surface area (Å²) in [5.41, 5.74) is -0.908. The summed E-state index contributed by atoms with van der Waals surface area (Å²) in [5.74, 6) is -1.73. The minimum Gasteiger partial charge on any atom is -0.395 e. The Morgan fingerprint density at radius 2 is 1.57 bits per heavy atom. The van der Waals surface area contributed by atoms with Gasteiger partial charge in [-0.2, -0.15) is 0 Å². The average Bonchev–Trinajstić information content (AvgIpc) is 3.13. The Labute approximate surface area is 158 Å². The fraction of sp³-hybridized carbons (Fsp3) is 0.714. The van der Waals surface area contributed by atoms with Crippen molar-refractivity contribution in [2.24, 2.45) is 0 Å². The number of carbonyl (C=O) groups is 2. The van der Waals surface area contributed by atoms with Gasteiger partial charge in [-0.25, -0.2) is 4.68 Å². The Balaban J connectivity index is 2.43. The second-order valence-electron chi connectivity index (χ2n) is 5.91. The number of rotatable bonds is 8. The molecule has 1 aliphatic heterocycles. The molecule has 0 spiro atoms. The predicted octanol–water partition coefficient (Wildman–Crippen LogP) is -5.31. The van der Waals surface area contributed by atoms with Gasteiger partial charge < -0.3 is 46.0 Å². The minimum absolute atomic E-state index is 0.122. The van der Waals surface area contributed by atoms with E-state index in [0.717, 1.165) is 4.68 Å². The van der Waals surface area contributed by atoms with Crippen molar-refractivity contribution in [3.8, 4) is 0 Å². The Kier molecular flexibility index (Phi) is 7.76. The van der Waals surface area contributed by atoms with Crippen LogP contribution in [0.2, 0.25) is 0 Å². The lowest BCUT2D eigenvalue weighted by Crippen LogP contribution is -2.57. The summed E-state index contributed by atoms with van der Waals surface area (Å²) in [4.78, 5) is 24.7. The summed E-state index contributed by atoms with van der Waals surface area (Å²) >= 11 is 0. The molecule has 5 atom stereocenters. The van der Waals surface area contributed by atoms with Crippen molar-refractivity contribution in [2.75, 3.05) is 32.9 Å². The molecule has 0 radical (unpaired) electrons. The van der Waals surface area contributed by atoms with Crippen molar-refractivity contribution >= 4 is 11.8 Å². The summed E-state index contributed by atoms with van der Waals surface area (Å²) in [7, 11) is 0. The summed E-state index contributed by atoms with van der Waals surface area (Å²) in [6.45, 7) is -1.73. The number of carbonyl (C=O) groups excluding carboxylic acids is 2. The van der Waals surface area contributed by atoms with Gasteiger partial charge in [0.1, 0.15) is 24.4 Å². The highest BCUT2D eigenvalue weighted by atomic mass is 16.6. The zero-order valence-electron chi connectivity index (χ0n) is 14.7. The van der Waals surface area contributed by atoms with Gasteiger partial charge in [0, 0.05) is 13.1 Å². The molecule has 1 saturated heterocycles. The fourth-order valence-electron chi connectivity index (χ4n) is 2.63. The van der Waals surface area contributed by atoms with Gasteiger partial charge in [-0.15, -0.1) is 5.10 Å². The van der Waals surface area contributed by atoms with E-state index in [4.69, 9.17) is 14.9 Å². The third-order valence-corrected chi connectivity index (χ3v) is 4.03. The Morgan fingerprint density at radius 3 is 2.14 bits per heavy atom. The molecule has 8 N–H and O–H groups in total. The van der Waals surface area contributed by atoms with Crippen LogP contribution in [0.3, 0.4) is 0 Å². The zero-order valence-corrected chi connectivity index (χ0v) is 14.7. The van der Waals surface area contributed by atoms with Crippen LogP contribution >= 0.6 is 0 Å². The Hall–Kier alpha value is -2.20. The van der Waals surface area contributed by atoms with E-state index in [1.807, 2.05) is 0 Å². The van der Waals surface area contributed by atoms with E-state index in [0.29, 0.717) is 0 Å². The number of amides is 2. The number of nitrogens with zero attached hydrogens (tertiary/aromatic N) is 3. The normalized spacial score (nSPS) is 27.4. The van der Waals surface area contributed by atoms with Gasteiger partial charge in [0.15, 0.2) is 17.6 Å². The maximum atomic E-state index is 12.5. The lowest BCUT2D eigenvalue weighted by atomic mass is 9.98. The first-order valence-electron chi connectivity index (χ1n) is 8.41. The number of ether oxygens (including phenoxy) is 1. The molecule has 1 fully saturated rings. The lowest BCUT2D eigenvalue weighted by Gasteiger charge is -2.39. The van der Waals surface area contributed by atoms with Gasteiger partial charge >= 0.3 is 0 Å². The molecule has 1 aliphatic rings. The molecular formula is C14H23N5O9. The number of hydrogen-bond acceptors (Lipinski definition) is 11. The molecule has 0 bridgehead atoms. The highest BCUT2D eigenvalue weighted by Crippen LogP contribution is 2.29. The molecule has 2 rings (SSSR count). The third-order valence-electron chi connectivity index (χ3n) is 4.03. The largest absolute Gasteiger partial charge is 0.395 e. The van der Waals surface area contributed by atoms with Crippen molar-refractivity contribution in [3.63, 3.8) is 0 Å². The monoisotopic (exact) mass is 405 g/mol.